The number of rotatable bonds is 5. The smallest absolute Gasteiger partial charge is 0.390 e. The average Bonchev–Trinajstić information content (AvgIpc) is 2.71. The molecule has 176 valence electrons. The third-order valence-electron chi connectivity index (χ3n) is 6.99. The van der Waals surface area contributed by atoms with Gasteiger partial charge in [-0.15, -0.1) is 0 Å². The second-order valence-corrected chi connectivity index (χ2v) is 9.66. The van der Waals surface area contributed by atoms with E-state index in [1.54, 1.807) is 29.0 Å². The molecule has 4 aliphatic rings. The van der Waals surface area contributed by atoms with Crippen LogP contribution in [0.25, 0.3) is 0 Å². The molecule has 2 aromatic rings. The van der Waals surface area contributed by atoms with Gasteiger partial charge in [0, 0.05) is 29.9 Å². The molecule has 4 aliphatic carbocycles. The molecule has 2 bridgehead atoms. The molecule has 0 spiro atoms. The van der Waals surface area contributed by atoms with Gasteiger partial charge < -0.3 is 15.7 Å². The molecule has 2 atom stereocenters. The van der Waals surface area contributed by atoms with E-state index in [0.29, 0.717) is 31.5 Å². The molecule has 0 unspecified atom stereocenters. The molecule has 2 aromatic heterocycles. The Hall–Kier alpha value is -2.95. The number of aliphatic hydroxyl groups is 1. The first kappa shape index (κ1) is 21.9. The van der Waals surface area contributed by atoms with Crippen LogP contribution in [0.3, 0.4) is 0 Å². The van der Waals surface area contributed by atoms with Crippen molar-refractivity contribution in [3.8, 4) is 0 Å². The first-order valence-corrected chi connectivity index (χ1v) is 11.1. The maximum absolute atomic E-state index is 13.5. The summed E-state index contributed by atoms with van der Waals surface area (Å²) in [6, 6.07) is 5.06. The number of alkyl halides is 3. The Balaban J connectivity index is 1.31. The molecule has 0 aromatic carbocycles. The maximum Gasteiger partial charge on any atom is 0.421 e. The number of anilines is 2. The predicted molar refractivity (Wildman–Crippen MR) is 115 cm³/mol. The Labute approximate surface area is 188 Å². The Kier molecular flexibility index (Phi) is 5.00. The molecule has 0 amide bonds. The van der Waals surface area contributed by atoms with E-state index in [9.17, 15) is 18.3 Å². The average molecular weight is 461 g/mol. The van der Waals surface area contributed by atoms with Crippen molar-refractivity contribution in [2.75, 3.05) is 10.6 Å². The summed E-state index contributed by atoms with van der Waals surface area (Å²) >= 11 is 0. The number of hydrogen-bond acceptors (Lipinski definition) is 7. The molecule has 6 rings (SSSR count). The standard InChI is InChI=1S/C22H26F3N7O/c23-22(24,25)15-9-28-19(30-18(15)31-20-10-21(33,11-20)12-20)29-14-5-3-4-13(8-14)17(27)32-7-2-1-6-16(32)26/h1-2,6-7,9,13-14,26-27,33H,3-5,8,10-12H2,(H2,28,29,30,31)/t13-,14+,20?,21?/m0/s1. The second-order valence-electron chi connectivity index (χ2n) is 9.66. The highest BCUT2D eigenvalue weighted by molar-refractivity contribution is 5.83. The van der Waals surface area contributed by atoms with Crippen molar-refractivity contribution in [3.63, 3.8) is 0 Å². The lowest BCUT2D eigenvalue weighted by Gasteiger charge is -2.67. The van der Waals surface area contributed by atoms with Crippen LogP contribution >= 0.6 is 0 Å². The van der Waals surface area contributed by atoms with E-state index < -0.39 is 22.9 Å². The lowest BCUT2D eigenvalue weighted by atomic mass is 9.46. The third-order valence-corrected chi connectivity index (χ3v) is 6.99. The van der Waals surface area contributed by atoms with Gasteiger partial charge in [-0.2, -0.15) is 18.2 Å². The molecular formula is C22H26F3N7O. The molecule has 5 N–H and O–H groups in total. The Bertz CT molecular complexity index is 1130. The quantitative estimate of drug-likeness (QED) is 0.345. The molecular weight excluding hydrogens is 435 g/mol. The fourth-order valence-electron chi connectivity index (χ4n) is 5.47. The van der Waals surface area contributed by atoms with E-state index >= 15 is 0 Å². The zero-order chi connectivity index (χ0) is 23.4. The summed E-state index contributed by atoms with van der Waals surface area (Å²) in [4.78, 5) is 8.09. The molecule has 11 heteroatoms. The summed E-state index contributed by atoms with van der Waals surface area (Å²) in [7, 11) is 0. The number of nitrogens with zero attached hydrogens (tertiary/aromatic N) is 3. The van der Waals surface area contributed by atoms with Crippen LogP contribution in [0.5, 0.6) is 0 Å². The summed E-state index contributed by atoms with van der Waals surface area (Å²) in [5.74, 6) is 0.104. The zero-order valence-electron chi connectivity index (χ0n) is 17.9. The van der Waals surface area contributed by atoms with Crippen LogP contribution in [0.15, 0.2) is 30.6 Å². The number of aromatic nitrogens is 3. The van der Waals surface area contributed by atoms with Gasteiger partial charge in [0.1, 0.15) is 22.7 Å². The van der Waals surface area contributed by atoms with Gasteiger partial charge in [0.2, 0.25) is 5.95 Å². The summed E-state index contributed by atoms with van der Waals surface area (Å²) in [5, 5.41) is 32.6. The minimum absolute atomic E-state index is 0.0821. The molecule has 33 heavy (non-hydrogen) atoms. The molecule has 0 aliphatic heterocycles. The summed E-state index contributed by atoms with van der Waals surface area (Å²) in [6.07, 6.45) is 2.22. The van der Waals surface area contributed by atoms with Crippen LogP contribution in [0.2, 0.25) is 0 Å². The van der Waals surface area contributed by atoms with Gasteiger partial charge >= 0.3 is 6.18 Å². The summed E-state index contributed by atoms with van der Waals surface area (Å²) < 4.78 is 42.1. The number of pyridine rings is 1. The van der Waals surface area contributed by atoms with Crippen molar-refractivity contribution in [2.24, 2.45) is 5.92 Å². The summed E-state index contributed by atoms with van der Waals surface area (Å²) in [6.45, 7) is 0. The van der Waals surface area contributed by atoms with Crippen molar-refractivity contribution in [3.05, 3.63) is 41.6 Å². The second kappa shape index (κ2) is 7.54. The number of halogens is 3. The van der Waals surface area contributed by atoms with Gasteiger partial charge in [-0.05, 0) is 50.7 Å². The van der Waals surface area contributed by atoms with Gasteiger partial charge in [0.25, 0.3) is 0 Å². The Morgan fingerprint density at radius 3 is 2.64 bits per heavy atom. The number of nitrogens with one attached hydrogen (secondary N) is 4. The van der Waals surface area contributed by atoms with E-state index in [1.807, 2.05) is 0 Å². The van der Waals surface area contributed by atoms with Crippen LogP contribution in [0.1, 0.15) is 50.5 Å². The lowest BCUT2D eigenvalue weighted by Crippen LogP contribution is -2.75. The lowest BCUT2D eigenvalue weighted by molar-refractivity contribution is -0.195. The molecule has 2 heterocycles. The van der Waals surface area contributed by atoms with Crippen molar-refractivity contribution in [1.29, 1.82) is 10.8 Å². The predicted octanol–water partition coefficient (Wildman–Crippen LogP) is 3.35. The monoisotopic (exact) mass is 461 g/mol. The zero-order valence-corrected chi connectivity index (χ0v) is 17.9. The van der Waals surface area contributed by atoms with Crippen LogP contribution < -0.4 is 16.1 Å². The van der Waals surface area contributed by atoms with E-state index in [2.05, 4.69) is 20.6 Å². The van der Waals surface area contributed by atoms with E-state index in [4.69, 9.17) is 10.8 Å². The number of hydrogen-bond donors (Lipinski definition) is 5. The fraction of sp³-hybridized carbons (Fsp3) is 0.545. The maximum atomic E-state index is 13.5. The normalized spacial score (nSPS) is 30.7. The topological polar surface area (TPSA) is 123 Å². The van der Waals surface area contributed by atoms with Gasteiger partial charge in [-0.3, -0.25) is 15.4 Å². The highest BCUT2D eigenvalue weighted by Gasteiger charge is 2.68. The van der Waals surface area contributed by atoms with Gasteiger partial charge in [0.05, 0.1) is 5.60 Å². The van der Waals surface area contributed by atoms with E-state index in [1.165, 1.54) is 0 Å². The van der Waals surface area contributed by atoms with Crippen LogP contribution in [0, 0.1) is 16.7 Å². The van der Waals surface area contributed by atoms with Crippen molar-refractivity contribution in [1.82, 2.24) is 14.5 Å². The molecule has 4 saturated carbocycles. The molecule has 8 nitrogen and oxygen atoms in total. The highest BCUT2D eigenvalue weighted by atomic mass is 19.4. The van der Waals surface area contributed by atoms with Gasteiger partial charge in [-0.1, -0.05) is 12.5 Å². The SMILES string of the molecule is N=C([C@H]1CCC[C@@H](Nc2ncc(C(F)(F)F)c(NC34CC(O)(C3)C4)n2)C1)n1ccccc1=N. The minimum Gasteiger partial charge on any atom is -0.390 e. The van der Waals surface area contributed by atoms with Crippen molar-refractivity contribution >= 4 is 17.6 Å². The highest BCUT2D eigenvalue weighted by Crippen LogP contribution is 2.62. The van der Waals surface area contributed by atoms with Crippen LogP contribution in [0.4, 0.5) is 24.9 Å². The van der Waals surface area contributed by atoms with Crippen molar-refractivity contribution in [2.45, 2.75) is 68.3 Å². The fourth-order valence-corrected chi connectivity index (χ4v) is 5.47. The Morgan fingerprint density at radius 1 is 1.21 bits per heavy atom. The van der Waals surface area contributed by atoms with Crippen molar-refractivity contribution < 1.29 is 18.3 Å². The third kappa shape index (κ3) is 4.09. The van der Waals surface area contributed by atoms with Crippen LogP contribution in [-0.4, -0.2) is 42.7 Å². The Morgan fingerprint density at radius 2 is 1.97 bits per heavy atom. The first-order valence-electron chi connectivity index (χ1n) is 11.1. The van der Waals surface area contributed by atoms with Gasteiger partial charge in [0.15, 0.2) is 0 Å². The van der Waals surface area contributed by atoms with E-state index in [0.717, 1.165) is 25.5 Å². The largest absolute Gasteiger partial charge is 0.421 e. The first-order chi connectivity index (χ1) is 15.6. The summed E-state index contributed by atoms with van der Waals surface area (Å²) in [5.41, 5.74) is -1.95. The van der Waals surface area contributed by atoms with E-state index in [-0.39, 0.29) is 29.2 Å². The molecule has 0 saturated heterocycles. The molecule has 4 fully saturated rings. The van der Waals surface area contributed by atoms with Crippen LogP contribution in [-0.2, 0) is 6.18 Å². The van der Waals surface area contributed by atoms with Gasteiger partial charge in [-0.25, -0.2) is 4.98 Å². The molecule has 0 radical (unpaired) electrons. The minimum atomic E-state index is -4.59.